The van der Waals surface area contributed by atoms with Gasteiger partial charge in [-0.05, 0) is 48.7 Å². The lowest BCUT2D eigenvalue weighted by atomic mass is 10.1. The van der Waals surface area contributed by atoms with Crippen LogP contribution in [0, 0.1) is 6.92 Å². The van der Waals surface area contributed by atoms with Crippen molar-refractivity contribution >= 4 is 35.0 Å². The number of carbonyl (C=O) groups excluding carboxylic acids is 2. The van der Waals surface area contributed by atoms with E-state index in [1.54, 1.807) is 0 Å². The number of amides is 2. The number of hydrogen-bond acceptors (Lipinski definition) is 3. The number of thioether (sulfide) groups is 1. The summed E-state index contributed by atoms with van der Waals surface area (Å²) >= 11 is 1.30. The zero-order chi connectivity index (χ0) is 17.4. The Balaban J connectivity index is 1.72. The maximum absolute atomic E-state index is 11.9. The molecule has 2 N–H and O–H groups in total. The highest BCUT2D eigenvalue weighted by Gasteiger charge is 2.07. The zero-order valence-corrected chi connectivity index (χ0v) is 14.8. The fraction of sp³-hybridized carbons (Fsp3) is 0.263. The molecular formula is C19H22N2O2S. The second-order valence-electron chi connectivity index (χ2n) is 5.51. The molecule has 0 aliphatic rings. The minimum absolute atomic E-state index is 0.100. The first-order valence-electron chi connectivity index (χ1n) is 7.90. The summed E-state index contributed by atoms with van der Waals surface area (Å²) in [6.07, 6.45) is 0.928. The number of carbonyl (C=O) groups is 2. The first kappa shape index (κ1) is 18.1. The smallest absolute Gasteiger partial charge is 0.234 e. The number of hydrogen-bond donors (Lipinski definition) is 2. The topological polar surface area (TPSA) is 58.2 Å². The van der Waals surface area contributed by atoms with Crippen molar-refractivity contribution in [3.8, 4) is 0 Å². The molecular weight excluding hydrogens is 320 g/mol. The van der Waals surface area contributed by atoms with Gasteiger partial charge in [-0.25, -0.2) is 0 Å². The highest BCUT2D eigenvalue weighted by atomic mass is 32.2. The molecule has 24 heavy (non-hydrogen) atoms. The van der Waals surface area contributed by atoms with Crippen molar-refractivity contribution in [2.24, 2.45) is 0 Å². The van der Waals surface area contributed by atoms with Crippen molar-refractivity contribution in [3.63, 3.8) is 0 Å². The van der Waals surface area contributed by atoms with Gasteiger partial charge in [0.25, 0.3) is 0 Å². The predicted molar refractivity (Wildman–Crippen MR) is 102 cm³/mol. The van der Waals surface area contributed by atoms with Crippen molar-refractivity contribution in [2.45, 2.75) is 20.3 Å². The van der Waals surface area contributed by atoms with Crippen LogP contribution in [0.5, 0.6) is 0 Å². The van der Waals surface area contributed by atoms with Gasteiger partial charge in [0.05, 0.1) is 11.5 Å². The molecule has 0 heterocycles. The number of nitrogens with one attached hydrogen (secondary N) is 2. The molecule has 0 unspecified atom stereocenters. The molecule has 2 aromatic rings. The van der Waals surface area contributed by atoms with Gasteiger partial charge >= 0.3 is 0 Å². The number of rotatable bonds is 7. The highest BCUT2D eigenvalue weighted by Crippen LogP contribution is 2.13. The summed E-state index contributed by atoms with van der Waals surface area (Å²) in [5.41, 5.74) is 3.85. The standard InChI is InChI=1S/C19H22N2O2S/c1-3-15-7-5-9-17(11-15)21-19(23)13-24-12-18(22)20-16-8-4-6-14(2)10-16/h4-11H,3,12-13H2,1-2H3,(H,20,22)(H,21,23). The van der Waals surface area contributed by atoms with Gasteiger partial charge in [0, 0.05) is 11.4 Å². The quantitative estimate of drug-likeness (QED) is 0.803. The molecule has 2 aromatic carbocycles. The average molecular weight is 342 g/mol. The second-order valence-corrected chi connectivity index (χ2v) is 6.50. The van der Waals surface area contributed by atoms with E-state index in [4.69, 9.17) is 0 Å². The van der Waals surface area contributed by atoms with Crippen molar-refractivity contribution < 1.29 is 9.59 Å². The summed E-state index contributed by atoms with van der Waals surface area (Å²) < 4.78 is 0. The molecule has 0 saturated heterocycles. The summed E-state index contributed by atoms with van der Waals surface area (Å²) in [6.45, 7) is 4.05. The molecule has 0 spiro atoms. The predicted octanol–water partition coefficient (Wildman–Crippen LogP) is 3.87. The fourth-order valence-corrected chi connectivity index (χ4v) is 2.84. The molecule has 0 aliphatic carbocycles. The third-order valence-corrected chi connectivity index (χ3v) is 4.32. The summed E-state index contributed by atoms with van der Waals surface area (Å²) in [4.78, 5) is 23.8. The summed E-state index contributed by atoms with van der Waals surface area (Å²) in [6, 6.07) is 15.4. The third-order valence-electron chi connectivity index (χ3n) is 3.39. The molecule has 0 aliphatic heterocycles. The van der Waals surface area contributed by atoms with Crippen LogP contribution in [-0.2, 0) is 16.0 Å². The number of aryl methyl sites for hydroxylation is 2. The molecule has 0 radical (unpaired) electrons. The lowest BCUT2D eigenvalue weighted by Gasteiger charge is -2.07. The van der Waals surface area contributed by atoms with Crippen LogP contribution in [-0.4, -0.2) is 23.3 Å². The van der Waals surface area contributed by atoms with E-state index < -0.39 is 0 Å². The van der Waals surface area contributed by atoms with Gasteiger partial charge in [-0.1, -0.05) is 31.2 Å². The van der Waals surface area contributed by atoms with E-state index >= 15 is 0 Å². The molecule has 126 valence electrons. The van der Waals surface area contributed by atoms with Crippen molar-refractivity contribution in [1.82, 2.24) is 0 Å². The van der Waals surface area contributed by atoms with E-state index in [9.17, 15) is 9.59 Å². The molecule has 4 nitrogen and oxygen atoms in total. The Labute approximate surface area is 147 Å². The molecule has 2 amide bonds. The van der Waals surface area contributed by atoms with Crippen LogP contribution < -0.4 is 10.6 Å². The van der Waals surface area contributed by atoms with Gasteiger partial charge in [0.2, 0.25) is 11.8 Å². The maximum Gasteiger partial charge on any atom is 0.234 e. The summed E-state index contributed by atoms with van der Waals surface area (Å²) in [7, 11) is 0. The molecule has 0 aromatic heterocycles. The van der Waals surface area contributed by atoms with Crippen LogP contribution in [0.2, 0.25) is 0 Å². The third kappa shape index (κ3) is 6.08. The monoisotopic (exact) mass is 342 g/mol. The van der Waals surface area contributed by atoms with Crippen molar-refractivity contribution in [3.05, 3.63) is 59.7 Å². The zero-order valence-electron chi connectivity index (χ0n) is 14.0. The Bertz CT molecular complexity index is 716. The second kappa shape index (κ2) is 9.13. The normalized spacial score (nSPS) is 10.2. The van der Waals surface area contributed by atoms with E-state index in [1.165, 1.54) is 17.3 Å². The number of benzene rings is 2. The lowest BCUT2D eigenvalue weighted by molar-refractivity contribution is -0.114. The van der Waals surface area contributed by atoms with Crippen LogP contribution in [0.4, 0.5) is 11.4 Å². The van der Waals surface area contributed by atoms with Gasteiger partial charge in [-0.2, -0.15) is 0 Å². The fourth-order valence-electron chi connectivity index (χ4n) is 2.22. The van der Waals surface area contributed by atoms with Gasteiger partial charge in [-0.3, -0.25) is 9.59 Å². The van der Waals surface area contributed by atoms with E-state index in [0.717, 1.165) is 23.4 Å². The minimum Gasteiger partial charge on any atom is -0.325 e. The van der Waals surface area contributed by atoms with E-state index in [-0.39, 0.29) is 23.3 Å². The number of anilines is 2. The molecule has 0 saturated carbocycles. The average Bonchev–Trinajstić information content (AvgIpc) is 2.55. The Morgan fingerprint density at radius 1 is 0.917 bits per heavy atom. The lowest BCUT2D eigenvalue weighted by Crippen LogP contribution is -2.18. The minimum atomic E-state index is -0.105. The summed E-state index contributed by atoms with van der Waals surface area (Å²) in [5.74, 6) is 0.288. The van der Waals surface area contributed by atoms with E-state index in [0.29, 0.717) is 0 Å². The molecule has 0 fully saturated rings. The van der Waals surface area contributed by atoms with Gasteiger partial charge in [-0.15, -0.1) is 11.8 Å². The largest absolute Gasteiger partial charge is 0.325 e. The molecule has 5 heteroatoms. The van der Waals surface area contributed by atoms with Crippen LogP contribution in [0.1, 0.15) is 18.1 Å². The van der Waals surface area contributed by atoms with Crippen molar-refractivity contribution in [2.75, 3.05) is 22.1 Å². The maximum atomic E-state index is 11.9. The Hall–Kier alpha value is -2.27. The van der Waals surface area contributed by atoms with Gasteiger partial charge in [0.15, 0.2) is 0 Å². The highest BCUT2D eigenvalue weighted by molar-refractivity contribution is 8.00. The first-order chi connectivity index (χ1) is 11.6. The first-order valence-corrected chi connectivity index (χ1v) is 9.05. The van der Waals surface area contributed by atoms with E-state index in [1.807, 2.05) is 55.5 Å². The van der Waals surface area contributed by atoms with Crippen LogP contribution in [0.25, 0.3) is 0 Å². The van der Waals surface area contributed by atoms with Crippen LogP contribution in [0.3, 0.4) is 0 Å². The Morgan fingerprint density at radius 3 is 2.08 bits per heavy atom. The van der Waals surface area contributed by atoms with Gasteiger partial charge < -0.3 is 10.6 Å². The van der Waals surface area contributed by atoms with E-state index in [2.05, 4.69) is 17.6 Å². The molecule has 2 rings (SSSR count). The Morgan fingerprint density at radius 2 is 1.50 bits per heavy atom. The SMILES string of the molecule is CCc1cccc(NC(=O)CSCC(=O)Nc2cccc(C)c2)c1. The summed E-state index contributed by atoms with van der Waals surface area (Å²) in [5, 5.41) is 5.69. The Kier molecular flexibility index (Phi) is 6.88. The van der Waals surface area contributed by atoms with Gasteiger partial charge in [0.1, 0.15) is 0 Å². The van der Waals surface area contributed by atoms with Crippen LogP contribution >= 0.6 is 11.8 Å². The van der Waals surface area contributed by atoms with Crippen molar-refractivity contribution in [1.29, 1.82) is 0 Å². The molecule has 0 bridgehead atoms. The van der Waals surface area contributed by atoms with Crippen LogP contribution in [0.15, 0.2) is 48.5 Å². The molecule has 0 atom stereocenters.